The summed E-state index contributed by atoms with van der Waals surface area (Å²) in [5.74, 6) is 1.22. The van der Waals surface area contributed by atoms with E-state index < -0.39 is 0 Å². The van der Waals surface area contributed by atoms with Crippen LogP contribution in [0.5, 0.6) is 0 Å². The molecule has 1 aliphatic heterocycles. The third-order valence-corrected chi connectivity index (χ3v) is 3.24. The molecular weight excluding hydrogens is 256 g/mol. The Morgan fingerprint density at radius 2 is 2.10 bits per heavy atom. The first-order chi connectivity index (χ1) is 9.70. The smallest absolute Gasteiger partial charge is 0.241 e. The minimum absolute atomic E-state index is 0.236. The van der Waals surface area contributed by atoms with Crippen LogP contribution in [-0.4, -0.2) is 45.3 Å². The fourth-order valence-electron chi connectivity index (χ4n) is 2.54. The highest BCUT2D eigenvalue weighted by Crippen LogP contribution is 2.17. The maximum atomic E-state index is 5.71. The van der Waals surface area contributed by atoms with Crippen molar-refractivity contribution in [3.63, 3.8) is 0 Å². The molecule has 0 N–H and O–H groups in total. The minimum atomic E-state index is 0.236. The predicted octanol–water partition coefficient (Wildman–Crippen LogP) is 1.74. The maximum absolute atomic E-state index is 5.71. The molecule has 6 nitrogen and oxygen atoms in total. The highest BCUT2D eigenvalue weighted by Gasteiger charge is 2.23. The Balaban J connectivity index is 1.68. The molecule has 1 saturated heterocycles. The Morgan fingerprint density at radius 1 is 1.30 bits per heavy atom. The summed E-state index contributed by atoms with van der Waals surface area (Å²) in [4.78, 5) is 10.8. The second kappa shape index (κ2) is 5.68. The highest BCUT2D eigenvalue weighted by molar-refractivity contribution is 5.51. The standard InChI is InChI=1S/C14H18N4O2/c1-10-7-18(8-11(2)19-10)9-13-16-14(17-20-13)12-4-3-5-15-6-12/h3-6,10-11H,7-9H2,1-2H3/t10-,11-/m1/s1. The van der Waals surface area contributed by atoms with E-state index in [1.807, 2.05) is 12.1 Å². The molecule has 20 heavy (non-hydrogen) atoms. The van der Waals surface area contributed by atoms with Gasteiger partial charge in [0.15, 0.2) is 0 Å². The molecule has 0 amide bonds. The summed E-state index contributed by atoms with van der Waals surface area (Å²) in [6.45, 7) is 6.59. The van der Waals surface area contributed by atoms with Gasteiger partial charge in [-0.1, -0.05) is 5.16 Å². The molecule has 3 heterocycles. The summed E-state index contributed by atoms with van der Waals surface area (Å²) in [6.07, 6.45) is 3.92. The van der Waals surface area contributed by atoms with Crippen molar-refractivity contribution in [2.45, 2.75) is 32.6 Å². The van der Waals surface area contributed by atoms with Crippen LogP contribution in [0.4, 0.5) is 0 Å². The lowest BCUT2D eigenvalue weighted by atomic mass is 10.2. The predicted molar refractivity (Wildman–Crippen MR) is 72.8 cm³/mol. The lowest BCUT2D eigenvalue weighted by molar-refractivity contribution is -0.0725. The summed E-state index contributed by atoms with van der Waals surface area (Å²) in [6, 6.07) is 3.78. The molecule has 0 aliphatic carbocycles. The molecule has 0 radical (unpaired) electrons. The zero-order valence-electron chi connectivity index (χ0n) is 11.7. The fraction of sp³-hybridized carbons (Fsp3) is 0.500. The lowest BCUT2D eigenvalue weighted by Gasteiger charge is -2.34. The van der Waals surface area contributed by atoms with Gasteiger partial charge in [-0.15, -0.1) is 0 Å². The van der Waals surface area contributed by atoms with E-state index in [9.17, 15) is 0 Å². The lowest BCUT2D eigenvalue weighted by Crippen LogP contribution is -2.44. The molecule has 3 rings (SSSR count). The molecule has 0 unspecified atom stereocenters. The largest absolute Gasteiger partial charge is 0.373 e. The van der Waals surface area contributed by atoms with Crippen LogP contribution in [0.2, 0.25) is 0 Å². The van der Waals surface area contributed by atoms with Crippen molar-refractivity contribution < 1.29 is 9.26 Å². The molecule has 2 aromatic rings. The van der Waals surface area contributed by atoms with E-state index in [0.29, 0.717) is 18.3 Å². The topological polar surface area (TPSA) is 64.3 Å². The fourth-order valence-corrected chi connectivity index (χ4v) is 2.54. The number of nitrogens with zero attached hydrogens (tertiary/aromatic N) is 4. The van der Waals surface area contributed by atoms with E-state index in [2.05, 4.69) is 33.9 Å². The van der Waals surface area contributed by atoms with Crippen molar-refractivity contribution in [1.82, 2.24) is 20.0 Å². The van der Waals surface area contributed by atoms with E-state index >= 15 is 0 Å². The minimum Gasteiger partial charge on any atom is -0.373 e. The summed E-state index contributed by atoms with van der Waals surface area (Å²) < 4.78 is 11.0. The van der Waals surface area contributed by atoms with Gasteiger partial charge in [0.25, 0.3) is 0 Å². The van der Waals surface area contributed by atoms with E-state index in [4.69, 9.17) is 9.26 Å². The Bertz CT molecular complexity index is 547. The Morgan fingerprint density at radius 3 is 2.80 bits per heavy atom. The number of rotatable bonds is 3. The van der Waals surface area contributed by atoms with Crippen LogP contribution >= 0.6 is 0 Å². The van der Waals surface area contributed by atoms with E-state index in [0.717, 1.165) is 18.7 Å². The van der Waals surface area contributed by atoms with Crippen LogP contribution in [0.3, 0.4) is 0 Å². The highest BCUT2D eigenvalue weighted by atomic mass is 16.5. The van der Waals surface area contributed by atoms with Crippen molar-refractivity contribution in [3.05, 3.63) is 30.4 Å². The van der Waals surface area contributed by atoms with Crippen LogP contribution in [0.15, 0.2) is 29.0 Å². The molecule has 0 saturated carbocycles. The molecule has 6 heteroatoms. The number of ether oxygens (including phenoxy) is 1. The monoisotopic (exact) mass is 274 g/mol. The van der Waals surface area contributed by atoms with Crippen molar-refractivity contribution >= 4 is 0 Å². The van der Waals surface area contributed by atoms with Gasteiger partial charge in [-0.05, 0) is 26.0 Å². The Kier molecular flexibility index (Phi) is 3.75. The third-order valence-electron chi connectivity index (χ3n) is 3.24. The molecular formula is C14H18N4O2. The quantitative estimate of drug-likeness (QED) is 0.849. The molecule has 0 spiro atoms. The number of hydrogen-bond acceptors (Lipinski definition) is 6. The van der Waals surface area contributed by atoms with Crippen molar-refractivity contribution in [2.24, 2.45) is 0 Å². The Hall–Kier alpha value is -1.79. The first kappa shape index (κ1) is 13.2. The second-order valence-corrected chi connectivity index (χ2v) is 5.20. The molecule has 2 atom stereocenters. The normalized spacial score (nSPS) is 23.9. The van der Waals surface area contributed by atoms with Gasteiger partial charge in [-0.2, -0.15) is 4.98 Å². The zero-order chi connectivity index (χ0) is 13.9. The zero-order valence-corrected chi connectivity index (χ0v) is 11.7. The SMILES string of the molecule is C[C@@H]1CN(Cc2nc(-c3cccnc3)no2)C[C@@H](C)O1. The van der Waals surface area contributed by atoms with Crippen LogP contribution < -0.4 is 0 Å². The van der Waals surface area contributed by atoms with Crippen LogP contribution in [-0.2, 0) is 11.3 Å². The molecule has 2 aromatic heterocycles. The second-order valence-electron chi connectivity index (χ2n) is 5.20. The summed E-state index contributed by atoms with van der Waals surface area (Å²) in [7, 11) is 0. The van der Waals surface area contributed by atoms with E-state index in [-0.39, 0.29) is 12.2 Å². The summed E-state index contributed by atoms with van der Waals surface area (Å²) >= 11 is 0. The van der Waals surface area contributed by atoms with Crippen LogP contribution in [0.1, 0.15) is 19.7 Å². The van der Waals surface area contributed by atoms with Crippen LogP contribution in [0.25, 0.3) is 11.4 Å². The van der Waals surface area contributed by atoms with Gasteiger partial charge in [-0.25, -0.2) is 0 Å². The van der Waals surface area contributed by atoms with Gasteiger partial charge in [-0.3, -0.25) is 9.88 Å². The average Bonchev–Trinajstić information content (AvgIpc) is 2.87. The van der Waals surface area contributed by atoms with E-state index in [1.165, 1.54) is 0 Å². The van der Waals surface area contributed by atoms with Crippen LogP contribution in [0, 0.1) is 0 Å². The average molecular weight is 274 g/mol. The first-order valence-corrected chi connectivity index (χ1v) is 6.81. The molecule has 1 fully saturated rings. The van der Waals surface area contributed by atoms with Crippen molar-refractivity contribution in [1.29, 1.82) is 0 Å². The van der Waals surface area contributed by atoms with Gasteiger partial charge in [0.05, 0.1) is 18.8 Å². The van der Waals surface area contributed by atoms with Gasteiger partial charge in [0.2, 0.25) is 11.7 Å². The Labute approximate surface area is 117 Å². The molecule has 0 aromatic carbocycles. The number of pyridine rings is 1. The van der Waals surface area contributed by atoms with Gasteiger partial charge < -0.3 is 9.26 Å². The van der Waals surface area contributed by atoms with Crippen molar-refractivity contribution in [3.8, 4) is 11.4 Å². The van der Waals surface area contributed by atoms with Gasteiger partial charge in [0, 0.05) is 31.0 Å². The number of morpholine rings is 1. The number of aromatic nitrogens is 3. The van der Waals surface area contributed by atoms with E-state index in [1.54, 1.807) is 12.4 Å². The number of hydrogen-bond donors (Lipinski definition) is 0. The first-order valence-electron chi connectivity index (χ1n) is 6.81. The third kappa shape index (κ3) is 3.02. The summed E-state index contributed by atoms with van der Waals surface area (Å²) in [5.41, 5.74) is 0.867. The van der Waals surface area contributed by atoms with Crippen molar-refractivity contribution in [2.75, 3.05) is 13.1 Å². The molecule has 1 aliphatic rings. The molecule has 0 bridgehead atoms. The molecule has 106 valence electrons. The van der Waals surface area contributed by atoms with Gasteiger partial charge >= 0.3 is 0 Å². The van der Waals surface area contributed by atoms with Gasteiger partial charge in [0.1, 0.15) is 0 Å². The maximum Gasteiger partial charge on any atom is 0.241 e. The summed E-state index contributed by atoms with van der Waals surface area (Å²) in [5, 5.41) is 4.01.